The van der Waals surface area contributed by atoms with Crippen LogP contribution in [0.4, 0.5) is 4.39 Å². The highest BCUT2D eigenvalue weighted by atomic mass is 35.5. The Labute approximate surface area is 172 Å². The highest BCUT2D eigenvalue weighted by Gasteiger charge is 2.30. The third-order valence-electron chi connectivity index (χ3n) is 4.26. The maximum absolute atomic E-state index is 14.5. The van der Waals surface area contributed by atoms with E-state index >= 15 is 0 Å². The summed E-state index contributed by atoms with van der Waals surface area (Å²) >= 11 is 6.00. The van der Waals surface area contributed by atoms with Gasteiger partial charge in [-0.15, -0.1) is 0 Å². The van der Waals surface area contributed by atoms with Gasteiger partial charge in [0.2, 0.25) is 12.1 Å². The molecule has 1 unspecified atom stereocenters. The normalized spacial score (nSPS) is 12.7. The lowest BCUT2D eigenvalue weighted by Crippen LogP contribution is -2.46. The molecule has 154 valence electrons. The Kier molecular flexibility index (Phi) is 8.15. The zero-order chi connectivity index (χ0) is 21.4. The van der Waals surface area contributed by atoms with Crippen molar-refractivity contribution in [2.24, 2.45) is 0 Å². The van der Waals surface area contributed by atoms with E-state index in [4.69, 9.17) is 16.7 Å². The monoisotopic (exact) mass is 421 g/mol. The number of nitrogens with one attached hydrogen (secondary N) is 1. The van der Waals surface area contributed by atoms with Gasteiger partial charge in [0.1, 0.15) is 0 Å². The molecule has 0 aliphatic carbocycles. The average Bonchev–Trinajstić information content (AvgIpc) is 2.71. The third-order valence-corrected chi connectivity index (χ3v) is 4.49. The second-order valence-electron chi connectivity index (χ2n) is 6.40. The molecule has 0 spiro atoms. The van der Waals surface area contributed by atoms with Crippen molar-refractivity contribution in [2.45, 2.75) is 31.5 Å². The number of rotatable bonds is 9. The fourth-order valence-corrected chi connectivity index (χ4v) is 2.95. The van der Waals surface area contributed by atoms with Crippen molar-refractivity contribution in [1.82, 2.24) is 5.32 Å². The molecule has 1 amide bonds. The Bertz CT molecular complexity index is 872. The van der Waals surface area contributed by atoms with Crippen molar-refractivity contribution >= 4 is 29.4 Å². The van der Waals surface area contributed by atoms with Crippen molar-refractivity contribution in [1.29, 1.82) is 0 Å². The van der Waals surface area contributed by atoms with E-state index < -0.39 is 30.1 Å². The van der Waals surface area contributed by atoms with Crippen molar-refractivity contribution in [3.05, 3.63) is 59.1 Å². The Balaban J connectivity index is 2.13. The van der Waals surface area contributed by atoms with Gasteiger partial charge in [0.05, 0.1) is 19.6 Å². The maximum atomic E-state index is 14.5. The van der Waals surface area contributed by atoms with Crippen LogP contribution in [0.3, 0.4) is 0 Å². The summed E-state index contributed by atoms with van der Waals surface area (Å²) in [6.07, 6.45) is -2.75. The molecule has 2 N–H and O–H groups in total. The number of alkyl halides is 1. The number of hydrogen-bond donors (Lipinski definition) is 2. The Hall–Kier alpha value is -2.93. The fraction of sp³-hybridized carbons (Fsp3) is 0.286. The summed E-state index contributed by atoms with van der Waals surface area (Å²) in [5.41, 5.74) is 2.51. The molecule has 0 bridgehead atoms. The molecule has 0 radical (unpaired) electrons. The van der Waals surface area contributed by atoms with E-state index in [2.05, 4.69) is 10.1 Å². The standard InChI is InChI=1S/C21H21ClFNO5/c1-29-21(28)20(23)17(24-18(25)9-10-19(26)27)11-13-5-7-14(8-6-13)15-3-2-4-16(22)12-15/h2-8,12,17,20H,9-11H2,1H3,(H,24,25)(H,26,27)/t17-,20?/m1/s1. The number of halogens is 2. The lowest BCUT2D eigenvalue weighted by Gasteiger charge is -2.21. The summed E-state index contributed by atoms with van der Waals surface area (Å²) in [6.45, 7) is 0. The molecule has 6 nitrogen and oxygen atoms in total. The van der Waals surface area contributed by atoms with Gasteiger partial charge in [0, 0.05) is 11.4 Å². The van der Waals surface area contributed by atoms with Gasteiger partial charge in [-0.1, -0.05) is 48.0 Å². The lowest BCUT2D eigenvalue weighted by atomic mass is 9.98. The first-order valence-corrected chi connectivity index (χ1v) is 9.26. The summed E-state index contributed by atoms with van der Waals surface area (Å²) in [7, 11) is 1.05. The van der Waals surface area contributed by atoms with E-state index in [0.29, 0.717) is 10.6 Å². The van der Waals surface area contributed by atoms with Crippen LogP contribution < -0.4 is 5.32 Å². The molecule has 2 rings (SSSR count). The van der Waals surface area contributed by atoms with Gasteiger partial charge in [-0.05, 0) is 35.2 Å². The molecular weight excluding hydrogens is 401 g/mol. The van der Waals surface area contributed by atoms with E-state index in [9.17, 15) is 18.8 Å². The smallest absolute Gasteiger partial charge is 0.342 e. The summed E-state index contributed by atoms with van der Waals surface area (Å²) in [6, 6.07) is 13.3. The number of benzene rings is 2. The quantitative estimate of drug-likeness (QED) is 0.605. The maximum Gasteiger partial charge on any atom is 0.342 e. The molecule has 0 aliphatic rings. The molecule has 0 fully saturated rings. The zero-order valence-corrected chi connectivity index (χ0v) is 16.5. The largest absolute Gasteiger partial charge is 0.481 e. The highest BCUT2D eigenvalue weighted by Crippen LogP contribution is 2.23. The first kappa shape index (κ1) is 22.4. The number of esters is 1. The number of carbonyl (C=O) groups excluding carboxylic acids is 2. The number of aliphatic carboxylic acids is 1. The summed E-state index contributed by atoms with van der Waals surface area (Å²) in [4.78, 5) is 34.1. The average molecular weight is 422 g/mol. The zero-order valence-electron chi connectivity index (χ0n) is 15.7. The molecule has 0 heterocycles. The minimum Gasteiger partial charge on any atom is -0.481 e. The molecule has 2 atom stereocenters. The van der Waals surface area contributed by atoms with Gasteiger partial charge < -0.3 is 15.2 Å². The molecule has 8 heteroatoms. The predicted octanol–water partition coefficient (Wildman–Crippen LogP) is 3.41. The van der Waals surface area contributed by atoms with E-state index in [1.807, 2.05) is 30.3 Å². The van der Waals surface area contributed by atoms with Crippen LogP contribution >= 0.6 is 11.6 Å². The van der Waals surface area contributed by atoms with Crippen LogP contribution in [0.2, 0.25) is 5.02 Å². The molecular formula is C21H21ClFNO5. The third kappa shape index (κ3) is 6.87. The minimum atomic E-state index is -2.08. The number of hydrogen-bond acceptors (Lipinski definition) is 4. The molecule has 2 aromatic rings. The Morgan fingerprint density at radius 2 is 1.79 bits per heavy atom. The number of methoxy groups -OCH3 is 1. The summed E-state index contributed by atoms with van der Waals surface area (Å²) in [5, 5.41) is 11.7. The van der Waals surface area contributed by atoms with Gasteiger partial charge >= 0.3 is 11.9 Å². The topological polar surface area (TPSA) is 92.7 Å². The number of carbonyl (C=O) groups is 3. The second-order valence-corrected chi connectivity index (χ2v) is 6.84. The molecule has 29 heavy (non-hydrogen) atoms. The minimum absolute atomic E-state index is 0.0326. The molecule has 0 saturated carbocycles. The van der Waals surface area contributed by atoms with E-state index in [1.165, 1.54) is 0 Å². The van der Waals surface area contributed by atoms with Gasteiger partial charge in [-0.2, -0.15) is 0 Å². The van der Waals surface area contributed by atoms with Crippen molar-refractivity contribution < 1.29 is 28.6 Å². The lowest BCUT2D eigenvalue weighted by molar-refractivity contribution is -0.148. The Morgan fingerprint density at radius 3 is 2.38 bits per heavy atom. The predicted molar refractivity (Wildman–Crippen MR) is 106 cm³/mol. The van der Waals surface area contributed by atoms with E-state index in [-0.39, 0.29) is 19.3 Å². The Morgan fingerprint density at radius 1 is 1.10 bits per heavy atom. The number of amides is 1. The first-order chi connectivity index (χ1) is 13.8. The summed E-state index contributed by atoms with van der Waals surface area (Å²) in [5.74, 6) is -2.90. The molecule has 0 saturated heterocycles. The van der Waals surface area contributed by atoms with Crippen LogP contribution in [0.5, 0.6) is 0 Å². The van der Waals surface area contributed by atoms with Crippen LogP contribution in [0.25, 0.3) is 11.1 Å². The van der Waals surface area contributed by atoms with Crippen LogP contribution in [0.15, 0.2) is 48.5 Å². The summed E-state index contributed by atoms with van der Waals surface area (Å²) < 4.78 is 18.9. The van der Waals surface area contributed by atoms with Gasteiger partial charge in [0.15, 0.2) is 0 Å². The number of ether oxygens (including phenoxy) is 1. The number of carboxylic acids is 1. The van der Waals surface area contributed by atoms with Gasteiger partial charge in [-0.25, -0.2) is 9.18 Å². The van der Waals surface area contributed by atoms with E-state index in [1.54, 1.807) is 18.2 Å². The van der Waals surface area contributed by atoms with Gasteiger partial charge in [0.25, 0.3) is 0 Å². The van der Waals surface area contributed by atoms with Crippen LogP contribution in [0.1, 0.15) is 18.4 Å². The molecule has 2 aromatic carbocycles. The second kappa shape index (κ2) is 10.6. The molecule has 0 aliphatic heterocycles. The fourth-order valence-electron chi connectivity index (χ4n) is 2.76. The van der Waals surface area contributed by atoms with Crippen LogP contribution in [-0.4, -0.2) is 42.3 Å². The van der Waals surface area contributed by atoms with Crippen molar-refractivity contribution in [3.8, 4) is 11.1 Å². The first-order valence-electron chi connectivity index (χ1n) is 8.88. The van der Waals surface area contributed by atoms with Crippen LogP contribution in [0, 0.1) is 0 Å². The van der Waals surface area contributed by atoms with Crippen LogP contribution in [-0.2, 0) is 25.5 Å². The highest BCUT2D eigenvalue weighted by molar-refractivity contribution is 6.30. The molecule has 0 aromatic heterocycles. The SMILES string of the molecule is COC(=O)C(F)[C@@H](Cc1ccc(-c2cccc(Cl)c2)cc1)NC(=O)CCC(=O)O. The van der Waals surface area contributed by atoms with Crippen molar-refractivity contribution in [2.75, 3.05) is 7.11 Å². The van der Waals surface area contributed by atoms with Gasteiger partial charge in [-0.3, -0.25) is 9.59 Å². The van der Waals surface area contributed by atoms with E-state index in [0.717, 1.165) is 18.2 Å². The number of carboxylic acid groups (broad SMARTS) is 1. The van der Waals surface area contributed by atoms with Crippen molar-refractivity contribution in [3.63, 3.8) is 0 Å².